The van der Waals surface area contributed by atoms with E-state index >= 15 is 0 Å². The first-order valence-corrected chi connectivity index (χ1v) is 6.39. The van der Waals surface area contributed by atoms with Crippen molar-refractivity contribution in [3.05, 3.63) is 0 Å². The van der Waals surface area contributed by atoms with E-state index in [0.717, 1.165) is 0 Å². The Balaban J connectivity index is 2.29. The van der Waals surface area contributed by atoms with E-state index in [1.165, 1.54) is 44.9 Å². The molecule has 0 aromatic heterocycles. The number of hydrogen-bond acceptors (Lipinski definition) is 1. The fraction of sp³-hybridized carbons (Fsp3) is 1.00. The Bertz CT molecular complexity index is 136. The molecular weight excluding hydrogens is 172 g/mol. The van der Waals surface area contributed by atoms with Crippen LogP contribution in [0, 0.1) is 5.92 Å². The van der Waals surface area contributed by atoms with Gasteiger partial charge in [0.2, 0.25) is 0 Å². The molecule has 84 valence electrons. The van der Waals surface area contributed by atoms with E-state index in [-0.39, 0.29) is 0 Å². The highest BCUT2D eigenvalue weighted by atomic mass is 16.5. The van der Waals surface area contributed by atoms with Gasteiger partial charge in [0.1, 0.15) is 0 Å². The maximum Gasteiger partial charge on any atom is 0.0601 e. The third-order valence-corrected chi connectivity index (χ3v) is 3.24. The summed E-state index contributed by atoms with van der Waals surface area (Å²) in [5.41, 5.74) is 0. The van der Waals surface area contributed by atoms with Gasteiger partial charge >= 0.3 is 0 Å². The van der Waals surface area contributed by atoms with Crippen molar-refractivity contribution < 1.29 is 4.74 Å². The Kier molecular flexibility index (Phi) is 5.54. The standard InChI is InChI=1S/C13H26O/c1-4-8-13(11(2)3)14-12-9-6-5-7-10-12/h11-13H,4-10H2,1-3H3. The maximum atomic E-state index is 6.19. The highest BCUT2D eigenvalue weighted by molar-refractivity contribution is 4.70. The summed E-state index contributed by atoms with van der Waals surface area (Å²) >= 11 is 0. The van der Waals surface area contributed by atoms with Crippen LogP contribution in [-0.4, -0.2) is 12.2 Å². The number of ether oxygens (including phenoxy) is 1. The van der Waals surface area contributed by atoms with Crippen molar-refractivity contribution in [1.29, 1.82) is 0 Å². The molecule has 1 rings (SSSR count). The van der Waals surface area contributed by atoms with Crippen LogP contribution in [0.5, 0.6) is 0 Å². The minimum Gasteiger partial charge on any atom is -0.375 e. The van der Waals surface area contributed by atoms with Crippen LogP contribution in [0.25, 0.3) is 0 Å². The number of rotatable bonds is 5. The summed E-state index contributed by atoms with van der Waals surface area (Å²) in [5.74, 6) is 0.678. The van der Waals surface area contributed by atoms with Crippen LogP contribution in [0.4, 0.5) is 0 Å². The second-order valence-electron chi connectivity index (χ2n) is 4.97. The Morgan fingerprint density at radius 2 is 1.79 bits per heavy atom. The van der Waals surface area contributed by atoms with Crippen molar-refractivity contribution in [1.82, 2.24) is 0 Å². The van der Waals surface area contributed by atoms with Crippen molar-refractivity contribution in [2.75, 3.05) is 0 Å². The van der Waals surface area contributed by atoms with E-state index in [0.29, 0.717) is 18.1 Å². The Morgan fingerprint density at radius 1 is 1.14 bits per heavy atom. The molecule has 1 atom stereocenters. The summed E-state index contributed by atoms with van der Waals surface area (Å²) in [7, 11) is 0. The minimum atomic E-state index is 0.503. The molecule has 1 aliphatic carbocycles. The number of hydrogen-bond donors (Lipinski definition) is 0. The highest BCUT2D eigenvalue weighted by Gasteiger charge is 2.20. The van der Waals surface area contributed by atoms with E-state index in [1.807, 2.05) is 0 Å². The largest absolute Gasteiger partial charge is 0.375 e. The van der Waals surface area contributed by atoms with Crippen LogP contribution in [0.2, 0.25) is 0 Å². The normalized spacial score (nSPS) is 21.4. The minimum absolute atomic E-state index is 0.503. The molecule has 14 heavy (non-hydrogen) atoms. The molecule has 0 aliphatic heterocycles. The lowest BCUT2D eigenvalue weighted by Gasteiger charge is -2.29. The molecule has 0 bridgehead atoms. The second-order valence-corrected chi connectivity index (χ2v) is 4.97. The van der Waals surface area contributed by atoms with Gasteiger partial charge < -0.3 is 4.74 Å². The van der Waals surface area contributed by atoms with Crippen LogP contribution in [0.15, 0.2) is 0 Å². The van der Waals surface area contributed by atoms with Gasteiger partial charge in [-0.2, -0.15) is 0 Å². The summed E-state index contributed by atoms with van der Waals surface area (Å²) < 4.78 is 6.19. The van der Waals surface area contributed by atoms with Gasteiger partial charge in [-0.1, -0.05) is 46.5 Å². The molecule has 1 aliphatic rings. The summed E-state index contributed by atoms with van der Waals surface area (Å²) in [4.78, 5) is 0. The molecule has 1 unspecified atom stereocenters. The van der Waals surface area contributed by atoms with Gasteiger partial charge in [0.05, 0.1) is 12.2 Å². The van der Waals surface area contributed by atoms with Gasteiger partial charge in [-0.15, -0.1) is 0 Å². The van der Waals surface area contributed by atoms with Gasteiger partial charge in [0, 0.05) is 0 Å². The molecule has 1 fully saturated rings. The zero-order chi connectivity index (χ0) is 10.4. The monoisotopic (exact) mass is 198 g/mol. The van der Waals surface area contributed by atoms with E-state index in [9.17, 15) is 0 Å². The van der Waals surface area contributed by atoms with Gasteiger partial charge in [-0.05, 0) is 25.2 Å². The van der Waals surface area contributed by atoms with Gasteiger partial charge in [-0.3, -0.25) is 0 Å². The smallest absolute Gasteiger partial charge is 0.0601 e. The van der Waals surface area contributed by atoms with E-state index < -0.39 is 0 Å². The van der Waals surface area contributed by atoms with Crippen molar-refractivity contribution in [2.24, 2.45) is 5.92 Å². The molecule has 0 N–H and O–H groups in total. The zero-order valence-electron chi connectivity index (χ0n) is 10.1. The molecule has 0 aromatic rings. The summed E-state index contributed by atoms with van der Waals surface area (Å²) in [5, 5.41) is 0. The van der Waals surface area contributed by atoms with Crippen LogP contribution in [0.3, 0.4) is 0 Å². The lowest BCUT2D eigenvalue weighted by Crippen LogP contribution is -2.27. The molecule has 1 nitrogen and oxygen atoms in total. The molecule has 1 heteroatoms. The van der Waals surface area contributed by atoms with Crippen LogP contribution < -0.4 is 0 Å². The topological polar surface area (TPSA) is 9.23 Å². The van der Waals surface area contributed by atoms with Crippen LogP contribution in [-0.2, 0) is 4.74 Å². The third-order valence-electron chi connectivity index (χ3n) is 3.24. The highest BCUT2D eigenvalue weighted by Crippen LogP contribution is 2.24. The Hall–Kier alpha value is -0.0400. The summed E-state index contributed by atoms with van der Waals surface area (Å²) in [6.45, 7) is 6.81. The maximum absolute atomic E-state index is 6.19. The Labute approximate surface area is 89.2 Å². The molecule has 0 spiro atoms. The molecule has 1 saturated carbocycles. The molecule has 0 aromatic carbocycles. The predicted molar refractivity (Wildman–Crippen MR) is 61.5 cm³/mol. The fourth-order valence-corrected chi connectivity index (χ4v) is 2.29. The average Bonchev–Trinajstić information content (AvgIpc) is 2.18. The molecule has 0 radical (unpaired) electrons. The lowest BCUT2D eigenvalue weighted by molar-refractivity contribution is -0.0545. The Morgan fingerprint density at radius 3 is 2.29 bits per heavy atom. The molecular formula is C13H26O. The van der Waals surface area contributed by atoms with E-state index in [1.54, 1.807) is 0 Å². The second kappa shape index (κ2) is 6.44. The lowest BCUT2D eigenvalue weighted by atomic mass is 9.96. The van der Waals surface area contributed by atoms with Gasteiger partial charge in [-0.25, -0.2) is 0 Å². The fourth-order valence-electron chi connectivity index (χ4n) is 2.29. The first-order chi connectivity index (χ1) is 6.74. The van der Waals surface area contributed by atoms with Crippen molar-refractivity contribution >= 4 is 0 Å². The average molecular weight is 198 g/mol. The molecule has 0 heterocycles. The van der Waals surface area contributed by atoms with Crippen molar-refractivity contribution in [2.45, 2.75) is 77.9 Å². The van der Waals surface area contributed by atoms with Gasteiger partial charge in [0.15, 0.2) is 0 Å². The van der Waals surface area contributed by atoms with Crippen molar-refractivity contribution in [3.8, 4) is 0 Å². The molecule has 0 saturated heterocycles. The van der Waals surface area contributed by atoms with Crippen LogP contribution >= 0.6 is 0 Å². The van der Waals surface area contributed by atoms with E-state index in [4.69, 9.17) is 4.74 Å². The van der Waals surface area contributed by atoms with Gasteiger partial charge in [0.25, 0.3) is 0 Å². The molecule has 0 amide bonds. The van der Waals surface area contributed by atoms with Crippen molar-refractivity contribution in [3.63, 3.8) is 0 Å². The van der Waals surface area contributed by atoms with Crippen LogP contribution in [0.1, 0.15) is 65.7 Å². The quantitative estimate of drug-likeness (QED) is 0.644. The SMILES string of the molecule is CCCC(OC1CCCCC1)C(C)C. The summed E-state index contributed by atoms with van der Waals surface area (Å²) in [6.07, 6.45) is 10.3. The van der Waals surface area contributed by atoms with E-state index in [2.05, 4.69) is 20.8 Å². The zero-order valence-corrected chi connectivity index (χ0v) is 10.1. The first kappa shape index (κ1) is 12.0. The third kappa shape index (κ3) is 4.00. The predicted octanol–water partition coefficient (Wildman–Crippen LogP) is 4.16. The summed E-state index contributed by atoms with van der Waals surface area (Å²) in [6, 6.07) is 0. The first-order valence-electron chi connectivity index (χ1n) is 6.39.